The predicted octanol–water partition coefficient (Wildman–Crippen LogP) is 2.23. The Morgan fingerprint density at radius 1 is 1.27 bits per heavy atom. The maximum Gasteiger partial charge on any atom is 0.308 e. The number of esters is 1. The summed E-state index contributed by atoms with van der Waals surface area (Å²) in [6, 6.07) is 6.69. The number of carbonyl (C=O) groups is 2. The van der Waals surface area contributed by atoms with Crippen LogP contribution in [0.25, 0.3) is 0 Å². The first kappa shape index (κ1) is 18.2. The summed E-state index contributed by atoms with van der Waals surface area (Å²) in [6.45, 7) is 6.01. The van der Waals surface area contributed by atoms with Gasteiger partial charge in [0.2, 0.25) is 5.91 Å². The van der Waals surface area contributed by atoms with Gasteiger partial charge in [0.15, 0.2) is 0 Å². The molecule has 2 unspecified atom stereocenters. The van der Waals surface area contributed by atoms with Gasteiger partial charge in [0.1, 0.15) is 0 Å². The van der Waals surface area contributed by atoms with E-state index in [4.69, 9.17) is 10.5 Å². The van der Waals surface area contributed by atoms with Crippen LogP contribution < -0.4 is 11.1 Å². The van der Waals surface area contributed by atoms with E-state index in [0.717, 1.165) is 17.5 Å². The minimum atomic E-state index is -0.557. The molecule has 1 rings (SSSR count). The largest absolute Gasteiger partial charge is 0.466 e. The van der Waals surface area contributed by atoms with Crippen LogP contribution in [0.4, 0.5) is 0 Å². The lowest BCUT2D eigenvalue weighted by Crippen LogP contribution is -2.42. The Balaban J connectivity index is 2.89. The molecule has 22 heavy (non-hydrogen) atoms. The molecule has 0 saturated carbocycles. The maximum absolute atomic E-state index is 12.2. The molecule has 2 atom stereocenters. The van der Waals surface area contributed by atoms with E-state index in [2.05, 4.69) is 5.32 Å². The average molecular weight is 306 g/mol. The third-order valence-electron chi connectivity index (χ3n) is 3.49. The van der Waals surface area contributed by atoms with E-state index in [-0.39, 0.29) is 18.3 Å². The smallest absolute Gasteiger partial charge is 0.308 e. The zero-order chi connectivity index (χ0) is 16.5. The van der Waals surface area contributed by atoms with Gasteiger partial charge in [0, 0.05) is 0 Å². The van der Waals surface area contributed by atoms with Crippen molar-refractivity contribution < 1.29 is 14.3 Å². The average Bonchev–Trinajstić information content (AvgIpc) is 2.47. The van der Waals surface area contributed by atoms with E-state index >= 15 is 0 Å². The lowest BCUT2D eigenvalue weighted by atomic mass is 9.98. The highest BCUT2D eigenvalue weighted by Gasteiger charge is 2.23. The minimum absolute atomic E-state index is 0.100. The van der Waals surface area contributed by atoms with Crippen LogP contribution in [0.3, 0.4) is 0 Å². The zero-order valence-electron chi connectivity index (χ0n) is 13.6. The van der Waals surface area contributed by atoms with Crippen molar-refractivity contribution >= 4 is 11.9 Å². The highest BCUT2D eigenvalue weighted by atomic mass is 16.5. The van der Waals surface area contributed by atoms with Crippen molar-refractivity contribution in [2.24, 2.45) is 5.73 Å². The van der Waals surface area contributed by atoms with E-state index in [0.29, 0.717) is 13.0 Å². The van der Waals surface area contributed by atoms with Gasteiger partial charge in [-0.1, -0.05) is 37.6 Å². The lowest BCUT2D eigenvalue weighted by Gasteiger charge is -2.22. The third kappa shape index (κ3) is 5.48. The van der Waals surface area contributed by atoms with E-state index in [1.807, 2.05) is 38.1 Å². The van der Waals surface area contributed by atoms with Gasteiger partial charge in [-0.25, -0.2) is 0 Å². The highest BCUT2D eigenvalue weighted by Crippen LogP contribution is 2.21. The number of aryl methyl sites for hydroxylation is 1. The van der Waals surface area contributed by atoms with Crippen molar-refractivity contribution in [3.8, 4) is 0 Å². The minimum Gasteiger partial charge on any atom is -0.466 e. The third-order valence-corrected chi connectivity index (χ3v) is 3.49. The number of nitrogens with one attached hydrogen (secondary N) is 1. The molecule has 0 aliphatic carbocycles. The first-order valence-electron chi connectivity index (χ1n) is 7.76. The van der Waals surface area contributed by atoms with Crippen LogP contribution in [-0.4, -0.2) is 24.5 Å². The molecule has 3 N–H and O–H groups in total. The number of ether oxygens (including phenoxy) is 1. The van der Waals surface area contributed by atoms with Gasteiger partial charge in [-0.15, -0.1) is 0 Å². The summed E-state index contributed by atoms with van der Waals surface area (Å²) in [5.74, 6) is -0.570. The monoisotopic (exact) mass is 306 g/mol. The molecular formula is C17H26N2O3. The molecule has 5 heteroatoms. The SMILES string of the molecule is CCCC(N)C(=O)NC(CC(=O)OCC)c1ccccc1C. The molecule has 0 radical (unpaired) electrons. The maximum atomic E-state index is 12.2. The first-order chi connectivity index (χ1) is 10.5. The molecule has 0 aromatic heterocycles. The topological polar surface area (TPSA) is 81.4 Å². The molecule has 0 heterocycles. The van der Waals surface area contributed by atoms with Crippen LogP contribution >= 0.6 is 0 Å². The molecule has 0 fully saturated rings. The molecule has 0 spiro atoms. The summed E-state index contributed by atoms with van der Waals surface area (Å²) in [5, 5.41) is 2.88. The number of hydrogen-bond acceptors (Lipinski definition) is 4. The van der Waals surface area contributed by atoms with Crippen molar-refractivity contribution in [2.45, 2.75) is 52.1 Å². The first-order valence-corrected chi connectivity index (χ1v) is 7.76. The van der Waals surface area contributed by atoms with Crippen LogP contribution in [0, 0.1) is 6.92 Å². The standard InChI is InChI=1S/C17H26N2O3/c1-4-8-14(18)17(21)19-15(11-16(20)22-5-2)13-10-7-6-9-12(13)3/h6-7,9-10,14-15H,4-5,8,11,18H2,1-3H3,(H,19,21). The van der Waals surface area contributed by atoms with Gasteiger partial charge in [-0.3, -0.25) is 9.59 Å². The van der Waals surface area contributed by atoms with Gasteiger partial charge < -0.3 is 15.8 Å². The van der Waals surface area contributed by atoms with E-state index < -0.39 is 12.1 Å². The Kier molecular flexibility index (Phi) is 7.60. The fourth-order valence-corrected chi connectivity index (χ4v) is 2.32. The van der Waals surface area contributed by atoms with Crippen molar-refractivity contribution in [1.29, 1.82) is 0 Å². The van der Waals surface area contributed by atoms with Crippen LogP contribution in [0.2, 0.25) is 0 Å². The summed E-state index contributed by atoms with van der Waals surface area (Å²) in [4.78, 5) is 24.0. The van der Waals surface area contributed by atoms with E-state index in [1.54, 1.807) is 6.92 Å². The second-order valence-electron chi connectivity index (χ2n) is 5.32. The molecule has 0 aliphatic heterocycles. The lowest BCUT2D eigenvalue weighted by molar-refractivity contribution is -0.143. The predicted molar refractivity (Wildman–Crippen MR) is 86.2 cm³/mol. The van der Waals surface area contributed by atoms with Gasteiger partial charge in [-0.05, 0) is 31.4 Å². The molecule has 0 saturated heterocycles. The number of hydrogen-bond donors (Lipinski definition) is 2. The van der Waals surface area contributed by atoms with E-state index in [1.165, 1.54) is 0 Å². The summed E-state index contributed by atoms with van der Waals surface area (Å²) >= 11 is 0. The second kappa shape index (κ2) is 9.20. The van der Waals surface area contributed by atoms with Crippen molar-refractivity contribution in [1.82, 2.24) is 5.32 Å². The van der Waals surface area contributed by atoms with Crippen LogP contribution in [0.5, 0.6) is 0 Å². The van der Waals surface area contributed by atoms with Crippen molar-refractivity contribution in [3.05, 3.63) is 35.4 Å². The quantitative estimate of drug-likeness (QED) is 0.722. The number of rotatable bonds is 8. The van der Waals surface area contributed by atoms with Gasteiger partial charge in [0.05, 0.1) is 25.1 Å². The summed E-state index contributed by atoms with van der Waals surface area (Å²) < 4.78 is 5.00. The number of amides is 1. The van der Waals surface area contributed by atoms with Crippen LogP contribution in [0.1, 0.15) is 50.3 Å². The zero-order valence-corrected chi connectivity index (χ0v) is 13.6. The van der Waals surface area contributed by atoms with Gasteiger partial charge in [0.25, 0.3) is 0 Å². The second-order valence-corrected chi connectivity index (χ2v) is 5.32. The number of benzene rings is 1. The molecule has 5 nitrogen and oxygen atoms in total. The Hall–Kier alpha value is -1.88. The number of carbonyl (C=O) groups excluding carboxylic acids is 2. The molecular weight excluding hydrogens is 280 g/mol. The fourth-order valence-electron chi connectivity index (χ4n) is 2.32. The van der Waals surface area contributed by atoms with Gasteiger partial charge in [-0.2, -0.15) is 0 Å². The van der Waals surface area contributed by atoms with Crippen LogP contribution in [0.15, 0.2) is 24.3 Å². The Morgan fingerprint density at radius 2 is 1.95 bits per heavy atom. The van der Waals surface area contributed by atoms with E-state index in [9.17, 15) is 9.59 Å². The summed E-state index contributed by atoms with van der Waals surface area (Å²) in [7, 11) is 0. The van der Waals surface area contributed by atoms with Crippen molar-refractivity contribution in [3.63, 3.8) is 0 Å². The Morgan fingerprint density at radius 3 is 2.55 bits per heavy atom. The normalized spacial score (nSPS) is 13.3. The summed E-state index contributed by atoms with van der Waals surface area (Å²) in [5.41, 5.74) is 7.78. The molecule has 0 bridgehead atoms. The molecule has 1 aromatic carbocycles. The van der Waals surface area contributed by atoms with Crippen molar-refractivity contribution in [2.75, 3.05) is 6.61 Å². The molecule has 122 valence electrons. The van der Waals surface area contributed by atoms with Gasteiger partial charge >= 0.3 is 5.97 Å². The molecule has 1 aromatic rings. The Labute approximate surface area is 132 Å². The van der Waals surface area contributed by atoms with Crippen LogP contribution in [-0.2, 0) is 14.3 Å². The molecule has 0 aliphatic rings. The summed E-state index contributed by atoms with van der Waals surface area (Å²) in [6.07, 6.45) is 1.55. The Bertz CT molecular complexity index is 502. The number of nitrogens with two attached hydrogens (primary N) is 1. The molecule has 1 amide bonds. The fraction of sp³-hybridized carbons (Fsp3) is 0.529. The highest BCUT2D eigenvalue weighted by molar-refractivity contribution is 5.82.